The number of amides is 1. The number of thioether (sulfide) groups is 1. The van der Waals surface area contributed by atoms with Crippen LogP contribution >= 0.6 is 27.7 Å². The maximum absolute atomic E-state index is 12.7. The van der Waals surface area contributed by atoms with Gasteiger partial charge in [-0.2, -0.15) is 0 Å². The lowest BCUT2D eigenvalue weighted by atomic mass is 10.2. The molecule has 0 fully saturated rings. The molecule has 23 heavy (non-hydrogen) atoms. The van der Waals surface area contributed by atoms with Gasteiger partial charge in [-0.1, -0.05) is 15.9 Å². The Hall–Kier alpha value is -1.46. The van der Waals surface area contributed by atoms with E-state index in [0.29, 0.717) is 0 Å². The van der Waals surface area contributed by atoms with Gasteiger partial charge in [0, 0.05) is 22.1 Å². The molecule has 0 heterocycles. The SMILES string of the molecule is COc1ccc(SC(C)C(=O)N(C)c2ccc(Br)cc2C)cc1. The molecule has 0 aliphatic carbocycles. The summed E-state index contributed by atoms with van der Waals surface area (Å²) in [4.78, 5) is 15.5. The van der Waals surface area contributed by atoms with Crippen LogP contribution in [0.4, 0.5) is 5.69 Å². The van der Waals surface area contributed by atoms with E-state index in [-0.39, 0.29) is 11.2 Å². The molecule has 0 radical (unpaired) electrons. The molecule has 2 aromatic rings. The number of nitrogens with zero attached hydrogens (tertiary/aromatic N) is 1. The minimum atomic E-state index is -0.170. The van der Waals surface area contributed by atoms with Crippen LogP contribution in [-0.2, 0) is 4.79 Å². The number of aryl methyl sites for hydroxylation is 1. The lowest BCUT2D eigenvalue weighted by Gasteiger charge is -2.23. The number of carbonyl (C=O) groups excluding carboxylic acids is 1. The van der Waals surface area contributed by atoms with Gasteiger partial charge in [0.05, 0.1) is 12.4 Å². The van der Waals surface area contributed by atoms with Gasteiger partial charge in [-0.15, -0.1) is 11.8 Å². The first-order valence-corrected chi connectivity index (χ1v) is 8.94. The number of ether oxygens (including phenoxy) is 1. The number of hydrogen-bond acceptors (Lipinski definition) is 3. The number of rotatable bonds is 5. The maximum atomic E-state index is 12.7. The monoisotopic (exact) mass is 393 g/mol. The van der Waals surface area contributed by atoms with E-state index in [1.807, 2.05) is 63.4 Å². The third-order valence-corrected chi connectivity index (χ3v) is 5.16. The molecule has 3 nitrogen and oxygen atoms in total. The van der Waals surface area contributed by atoms with Crippen LogP contribution in [0.2, 0.25) is 0 Å². The quantitative estimate of drug-likeness (QED) is 0.675. The number of halogens is 1. The van der Waals surface area contributed by atoms with E-state index in [1.54, 1.807) is 23.8 Å². The summed E-state index contributed by atoms with van der Waals surface area (Å²) in [7, 11) is 3.47. The van der Waals surface area contributed by atoms with Gasteiger partial charge in [0.15, 0.2) is 0 Å². The fourth-order valence-electron chi connectivity index (χ4n) is 2.30. The fraction of sp³-hybridized carbons (Fsp3) is 0.278. The summed E-state index contributed by atoms with van der Waals surface area (Å²) in [6, 6.07) is 13.7. The molecular weight excluding hydrogens is 374 g/mol. The van der Waals surface area contributed by atoms with Crippen LogP contribution in [0.1, 0.15) is 12.5 Å². The highest BCUT2D eigenvalue weighted by atomic mass is 79.9. The summed E-state index contributed by atoms with van der Waals surface area (Å²) in [6.07, 6.45) is 0. The van der Waals surface area contributed by atoms with Crippen molar-refractivity contribution in [2.75, 3.05) is 19.1 Å². The molecule has 0 spiro atoms. The standard InChI is InChI=1S/C18H20BrNO2S/c1-12-11-14(19)5-10-17(12)20(3)18(21)13(2)23-16-8-6-15(22-4)7-9-16/h5-11,13H,1-4H3. The van der Waals surface area contributed by atoms with Gasteiger partial charge in [-0.25, -0.2) is 0 Å². The molecule has 0 aliphatic heterocycles. The van der Waals surface area contributed by atoms with Crippen LogP contribution in [0, 0.1) is 6.92 Å². The zero-order chi connectivity index (χ0) is 17.0. The van der Waals surface area contributed by atoms with Gasteiger partial charge in [0.2, 0.25) is 5.91 Å². The third-order valence-electron chi connectivity index (χ3n) is 3.57. The summed E-state index contributed by atoms with van der Waals surface area (Å²) in [5.41, 5.74) is 2.00. The highest BCUT2D eigenvalue weighted by molar-refractivity contribution is 9.10. The molecule has 0 N–H and O–H groups in total. The van der Waals surface area contributed by atoms with Crippen LogP contribution in [0.25, 0.3) is 0 Å². The van der Waals surface area contributed by atoms with E-state index < -0.39 is 0 Å². The Morgan fingerprint density at radius 1 is 1.22 bits per heavy atom. The Morgan fingerprint density at radius 3 is 2.43 bits per heavy atom. The van der Waals surface area contributed by atoms with Crippen molar-refractivity contribution < 1.29 is 9.53 Å². The molecule has 1 unspecified atom stereocenters. The fourth-order valence-corrected chi connectivity index (χ4v) is 3.73. The molecule has 2 rings (SSSR count). The Kier molecular flexibility index (Phi) is 6.13. The van der Waals surface area contributed by atoms with Crippen molar-refractivity contribution in [3.8, 4) is 5.75 Å². The van der Waals surface area contributed by atoms with Crippen LogP contribution in [-0.4, -0.2) is 25.3 Å². The van der Waals surface area contributed by atoms with E-state index in [1.165, 1.54) is 0 Å². The number of benzene rings is 2. The summed E-state index contributed by atoms with van der Waals surface area (Å²) in [6.45, 7) is 3.94. The Morgan fingerprint density at radius 2 is 1.87 bits per heavy atom. The first-order chi connectivity index (χ1) is 10.9. The molecule has 0 aliphatic rings. The molecule has 122 valence electrons. The Bertz CT molecular complexity index is 688. The highest BCUT2D eigenvalue weighted by Crippen LogP contribution is 2.29. The summed E-state index contributed by atoms with van der Waals surface area (Å²) >= 11 is 5.00. The van der Waals surface area contributed by atoms with Gasteiger partial charge >= 0.3 is 0 Å². The third kappa shape index (κ3) is 4.52. The summed E-state index contributed by atoms with van der Waals surface area (Å²) < 4.78 is 6.17. The molecule has 0 aromatic heterocycles. The van der Waals surface area contributed by atoms with Gasteiger partial charge in [-0.3, -0.25) is 4.79 Å². The average Bonchev–Trinajstić information content (AvgIpc) is 2.54. The minimum absolute atomic E-state index is 0.0799. The molecule has 0 saturated heterocycles. The van der Waals surface area contributed by atoms with Crippen LogP contribution in [0.15, 0.2) is 51.8 Å². The number of hydrogen-bond donors (Lipinski definition) is 0. The molecular formula is C18H20BrNO2S. The zero-order valence-corrected chi connectivity index (χ0v) is 16.1. The van der Waals surface area contributed by atoms with Crippen molar-refractivity contribution >= 4 is 39.3 Å². The average molecular weight is 394 g/mol. The second-order valence-corrected chi connectivity index (χ2v) is 7.59. The number of anilines is 1. The molecule has 0 saturated carbocycles. The Labute approximate surface area is 150 Å². The van der Waals surface area contributed by atoms with Gasteiger partial charge in [0.25, 0.3) is 0 Å². The normalized spacial score (nSPS) is 11.9. The summed E-state index contributed by atoms with van der Waals surface area (Å²) in [5, 5.41) is -0.170. The minimum Gasteiger partial charge on any atom is -0.497 e. The van der Waals surface area contributed by atoms with Crippen LogP contribution in [0.5, 0.6) is 5.75 Å². The molecule has 1 amide bonds. The van der Waals surface area contributed by atoms with Crippen molar-refractivity contribution in [1.29, 1.82) is 0 Å². The van der Waals surface area contributed by atoms with Crippen molar-refractivity contribution in [3.05, 3.63) is 52.5 Å². The lowest BCUT2D eigenvalue weighted by Crippen LogP contribution is -2.33. The number of methoxy groups -OCH3 is 1. The first-order valence-electron chi connectivity index (χ1n) is 7.27. The van der Waals surface area contributed by atoms with E-state index in [4.69, 9.17) is 4.74 Å². The largest absolute Gasteiger partial charge is 0.497 e. The molecule has 1 atom stereocenters. The Balaban J connectivity index is 2.08. The van der Waals surface area contributed by atoms with Gasteiger partial charge in [0.1, 0.15) is 5.75 Å². The van der Waals surface area contributed by atoms with Gasteiger partial charge in [-0.05, 0) is 61.9 Å². The summed E-state index contributed by atoms with van der Waals surface area (Å²) in [5.74, 6) is 0.896. The van der Waals surface area contributed by atoms with Crippen LogP contribution in [0.3, 0.4) is 0 Å². The van der Waals surface area contributed by atoms with Crippen LogP contribution < -0.4 is 9.64 Å². The van der Waals surface area contributed by atoms with Crippen molar-refractivity contribution in [2.45, 2.75) is 24.0 Å². The molecule has 0 bridgehead atoms. The van der Waals surface area contributed by atoms with E-state index in [9.17, 15) is 4.79 Å². The number of carbonyl (C=O) groups is 1. The van der Waals surface area contributed by atoms with Gasteiger partial charge < -0.3 is 9.64 Å². The predicted octanol–water partition coefficient (Wildman–Crippen LogP) is 4.91. The maximum Gasteiger partial charge on any atom is 0.239 e. The second-order valence-electron chi connectivity index (χ2n) is 5.26. The topological polar surface area (TPSA) is 29.5 Å². The molecule has 2 aromatic carbocycles. The van der Waals surface area contributed by atoms with E-state index >= 15 is 0 Å². The zero-order valence-electron chi connectivity index (χ0n) is 13.7. The lowest BCUT2D eigenvalue weighted by molar-refractivity contribution is -0.117. The van der Waals surface area contributed by atoms with E-state index in [0.717, 1.165) is 26.4 Å². The van der Waals surface area contributed by atoms with Crippen molar-refractivity contribution in [3.63, 3.8) is 0 Å². The van der Waals surface area contributed by atoms with Crippen molar-refractivity contribution in [1.82, 2.24) is 0 Å². The molecule has 5 heteroatoms. The van der Waals surface area contributed by atoms with E-state index in [2.05, 4.69) is 15.9 Å². The first kappa shape index (κ1) is 17.9. The smallest absolute Gasteiger partial charge is 0.239 e. The predicted molar refractivity (Wildman–Crippen MR) is 101 cm³/mol. The second kappa shape index (κ2) is 7.88. The van der Waals surface area contributed by atoms with Crippen molar-refractivity contribution in [2.24, 2.45) is 0 Å². The highest BCUT2D eigenvalue weighted by Gasteiger charge is 2.21.